The molecule has 0 saturated heterocycles. The molecule has 4 nitrogen and oxygen atoms in total. The molecule has 0 unspecified atom stereocenters. The van der Waals surface area contributed by atoms with E-state index in [1.165, 1.54) is 7.05 Å². The van der Waals surface area contributed by atoms with Crippen molar-refractivity contribution in [2.45, 2.75) is 11.4 Å². The Morgan fingerprint density at radius 1 is 1.10 bits per heavy atom. The number of anilines is 1. The highest BCUT2D eigenvalue weighted by atomic mass is 35.5. The molecular weight excluding hydrogens is 296 g/mol. The topological polar surface area (TPSA) is 58.2 Å². The minimum Gasteiger partial charge on any atom is -0.381 e. The molecular formula is C14H15ClN2O2S. The summed E-state index contributed by atoms with van der Waals surface area (Å²) >= 11 is 5.91. The van der Waals surface area contributed by atoms with Crippen LogP contribution in [-0.4, -0.2) is 15.5 Å². The van der Waals surface area contributed by atoms with Crippen LogP contribution in [0.4, 0.5) is 5.69 Å². The van der Waals surface area contributed by atoms with Gasteiger partial charge in [-0.25, -0.2) is 13.1 Å². The maximum atomic E-state index is 11.6. The molecule has 0 saturated carbocycles. The molecule has 2 N–H and O–H groups in total. The SMILES string of the molecule is CNS(=O)(=O)c1ccc(NCc2cccc(Cl)c2)cc1. The van der Waals surface area contributed by atoms with Gasteiger partial charge in [-0.2, -0.15) is 0 Å². The molecule has 0 amide bonds. The predicted molar refractivity (Wildman–Crippen MR) is 81.5 cm³/mol. The van der Waals surface area contributed by atoms with Gasteiger partial charge < -0.3 is 5.32 Å². The summed E-state index contributed by atoms with van der Waals surface area (Å²) in [4.78, 5) is 0.244. The van der Waals surface area contributed by atoms with Crippen LogP contribution in [0.1, 0.15) is 5.56 Å². The second kappa shape index (κ2) is 6.26. The third-order valence-electron chi connectivity index (χ3n) is 2.82. The van der Waals surface area contributed by atoms with E-state index in [4.69, 9.17) is 11.6 Å². The van der Waals surface area contributed by atoms with E-state index in [-0.39, 0.29) is 4.90 Å². The summed E-state index contributed by atoms with van der Waals surface area (Å²) in [6, 6.07) is 14.2. The number of benzene rings is 2. The monoisotopic (exact) mass is 310 g/mol. The fourth-order valence-corrected chi connectivity index (χ4v) is 2.66. The molecule has 0 heterocycles. The first kappa shape index (κ1) is 14.8. The van der Waals surface area contributed by atoms with Crippen LogP contribution in [0.15, 0.2) is 53.4 Å². The number of halogens is 1. The number of hydrogen-bond acceptors (Lipinski definition) is 3. The summed E-state index contributed by atoms with van der Waals surface area (Å²) in [6.45, 7) is 0.624. The van der Waals surface area contributed by atoms with E-state index in [9.17, 15) is 8.42 Å². The smallest absolute Gasteiger partial charge is 0.240 e. The third kappa shape index (κ3) is 3.72. The summed E-state index contributed by atoms with van der Waals surface area (Å²) in [7, 11) is -1.99. The molecule has 106 valence electrons. The first-order chi connectivity index (χ1) is 9.51. The van der Waals surface area contributed by atoms with Gasteiger partial charge in [0.15, 0.2) is 0 Å². The Bertz CT molecular complexity index is 685. The van der Waals surface area contributed by atoms with Gasteiger partial charge in [0.2, 0.25) is 10.0 Å². The molecule has 0 aromatic heterocycles. The first-order valence-electron chi connectivity index (χ1n) is 6.03. The van der Waals surface area contributed by atoms with Crippen LogP contribution in [0.2, 0.25) is 5.02 Å². The summed E-state index contributed by atoms with van der Waals surface area (Å²) in [5.41, 5.74) is 1.91. The fourth-order valence-electron chi connectivity index (χ4n) is 1.72. The van der Waals surface area contributed by atoms with E-state index < -0.39 is 10.0 Å². The van der Waals surface area contributed by atoms with Crippen molar-refractivity contribution < 1.29 is 8.42 Å². The highest BCUT2D eigenvalue weighted by Gasteiger charge is 2.10. The molecule has 0 aliphatic heterocycles. The van der Waals surface area contributed by atoms with Crippen LogP contribution in [0, 0.1) is 0 Å². The van der Waals surface area contributed by atoms with Crippen LogP contribution >= 0.6 is 11.6 Å². The van der Waals surface area contributed by atoms with Gasteiger partial charge in [-0.1, -0.05) is 23.7 Å². The molecule has 0 atom stereocenters. The number of rotatable bonds is 5. The molecule has 2 aromatic carbocycles. The van der Waals surface area contributed by atoms with Crippen molar-refractivity contribution in [3.05, 3.63) is 59.1 Å². The lowest BCUT2D eigenvalue weighted by molar-refractivity contribution is 0.588. The normalized spacial score (nSPS) is 11.3. The lowest BCUT2D eigenvalue weighted by Gasteiger charge is -2.08. The van der Waals surface area contributed by atoms with Gasteiger partial charge in [-0.05, 0) is 49.0 Å². The van der Waals surface area contributed by atoms with Crippen LogP contribution in [-0.2, 0) is 16.6 Å². The van der Waals surface area contributed by atoms with Gasteiger partial charge in [-0.3, -0.25) is 0 Å². The van der Waals surface area contributed by atoms with Crippen molar-refractivity contribution in [1.82, 2.24) is 4.72 Å². The molecule has 0 radical (unpaired) electrons. The lowest BCUT2D eigenvalue weighted by atomic mass is 10.2. The quantitative estimate of drug-likeness (QED) is 0.893. The van der Waals surface area contributed by atoms with Gasteiger partial charge in [0.25, 0.3) is 0 Å². The Morgan fingerprint density at radius 2 is 1.80 bits per heavy atom. The van der Waals surface area contributed by atoms with E-state index in [0.717, 1.165) is 11.3 Å². The van der Waals surface area contributed by atoms with Crippen molar-refractivity contribution in [2.75, 3.05) is 12.4 Å². The second-order valence-electron chi connectivity index (χ2n) is 4.22. The van der Waals surface area contributed by atoms with Crippen molar-refractivity contribution in [2.24, 2.45) is 0 Å². The first-order valence-corrected chi connectivity index (χ1v) is 7.89. The van der Waals surface area contributed by atoms with Crippen LogP contribution in [0.3, 0.4) is 0 Å². The van der Waals surface area contributed by atoms with Crippen LogP contribution in [0.25, 0.3) is 0 Å². The van der Waals surface area contributed by atoms with Gasteiger partial charge >= 0.3 is 0 Å². The average molecular weight is 311 g/mol. The number of hydrogen-bond donors (Lipinski definition) is 2. The summed E-state index contributed by atoms with van der Waals surface area (Å²) in [5.74, 6) is 0. The van der Waals surface area contributed by atoms with Crippen molar-refractivity contribution >= 4 is 27.3 Å². The van der Waals surface area contributed by atoms with Crippen LogP contribution in [0.5, 0.6) is 0 Å². The van der Waals surface area contributed by atoms with E-state index >= 15 is 0 Å². The van der Waals surface area contributed by atoms with Crippen molar-refractivity contribution in [3.8, 4) is 0 Å². The molecule has 2 rings (SSSR count). The molecule has 6 heteroatoms. The Hall–Kier alpha value is -1.56. The molecule has 0 bridgehead atoms. The minimum absolute atomic E-state index is 0.244. The molecule has 0 aliphatic rings. The third-order valence-corrected chi connectivity index (χ3v) is 4.48. The zero-order chi connectivity index (χ0) is 14.6. The maximum Gasteiger partial charge on any atom is 0.240 e. The Balaban J connectivity index is 2.05. The highest BCUT2D eigenvalue weighted by Crippen LogP contribution is 2.16. The fraction of sp³-hybridized carbons (Fsp3) is 0.143. The maximum absolute atomic E-state index is 11.6. The van der Waals surface area contributed by atoms with Crippen molar-refractivity contribution in [3.63, 3.8) is 0 Å². The Kier molecular flexibility index (Phi) is 4.65. The Morgan fingerprint density at radius 3 is 2.40 bits per heavy atom. The predicted octanol–water partition coefficient (Wildman–Crippen LogP) is 2.86. The van der Waals surface area contributed by atoms with Gasteiger partial charge in [0, 0.05) is 17.3 Å². The van der Waals surface area contributed by atoms with E-state index in [2.05, 4.69) is 10.0 Å². The van der Waals surface area contributed by atoms with E-state index in [0.29, 0.717) is 11.6 Å². The zero-order valence-electron chi connectivity index (χ0n) is 10.9. The molecule has 20 heavy (non-hydrogen) atoms. The minimum atomic E-state index is -3.38. The molecule has 0 fully saturated rings. The average Bonchev–Trinajstić information content (AvgIpc) is 2.46. The number of nitrogens with one attached hydrogen (secondary N) is 2. The second-order valence-corrected chi connectivity index (χ2v) is 6.54. The van der Waals surface area contributed by atoms with Gasteiger partial charge in [0.1, 0.15) is 0 Å². The van der Waals surface area contributed by atoms with Gasteiger partial charge in [0.05, 0.1) is 4.90 Å². The van der Waals surface area contributed by atoms with E-state index in [1.54, 1.807) is 24.3 Å². The standard InChI is InChI=1S/C14H15ClN2O2S/c1-16-20(18,19)14-7-5-13(6-8-14)17-10-11-3-2-4-12(15)9-11/h2-9,16-17H,10H2,1H3. The summed E-state index contributed by atoms with van der Waals surface area (Å²) < 4.78 is 25.4. The Labute approximate surface area is 123 Å². The summed E-state index contributed by atoms with van der Waals surface area (Å²) in [5, 5.41) is 3.91. The largest absolute Gasteiger partial charge is 0.381 e. The molecule has 0 aliphatic carbocycles. The van der Waals surface area contributed by atoms with Gasteiger partial charge in [-0.15, -0.1) is 0 Å². The van der Waals surface area contributed by atoms with Crippen LogP contribution < -0.4 is 10.0 Å². The van der Waals surface area contributed by atoms with E-state index in [1.807, 2.05) is 24.3 Å². The molecule has 0 spiro atoms. The molecule has 2 aromatic rings. The van der Waals surface area contributed by atoms with Crippen molar-refractivity contribution in [1.29, 1.82) is 0 Å². The zero-order valence-corrected chi connectivity index (χ0v) is 12.5. The summed E-state index contributed by atoms with van der Waals surface area (Å²) in [6.07, 6.45) is 0. The lowest BCUT2D eigenvalue weighted by Crippen LogP contribution is -2.18. The number of sulfonamides is 1. The highest BCUT2D eigenvalue weighted by molar-refractivity contribution is 7.89.